The van der Waals surface area contributed by atoms with Gasteiger partial charge in [-0.05, 0) is 55.8 Å². The third-order valence-corrected chi connectivity index (χ3v) is 3.84. The van der Waals surface area contributed by atoms with Crippen molar-refractivity contribution >= 4 is 23.2 Å². The van der Waals surface area contributed by atoms with Gasteiger partial charge in [-0.25, -0.2) is 9.78 Å². The SMILES string of the molecule is COc1ccc(NC(=O)C(C)OC(=O)c2cn3ccc(C)cc3n2)cc1. The quantitative estimate of drug-likeness (QED) is 0.713. The number of esters is 1. The van der Waals surface area contributed by atoms with Crippen LogP contribution in [0, 0.1) is 6.92 Å². The Kier molecular flexibility index (Phi) is 4.88. The molecule has 1 N–H and O–H groups in total. The number of aromatic nitrogens is 2. The Morgan fingerprint density at radius 3 is 2.62 bits per heavy atom. The molecule has 1 aromatic carbocycles. The summed E-state index contributed by atoms with van der Waals surface area (Å²) < 4.78 is 12.0. The van der Waals surface area contributed by atoms with Crippen molar-refractivity contribution in [3.8, 4) is 5.75 Å². The van der Waals surface area contributed by atoms with Gasteiger partial charge in [0.05, 0.1) is 7.11 Å². The molecule has 0 spiro atoms. The summed E-state index contributed by atoms with van der Waals surface area (Å²) in [6, 6.07) is 10.6. The first-order valence-electron chi connectivity index (χ1n) is 8.07. The van der Waals surface area contributed by atoms with Crippen LogP contribution in [0.25, 0.3) is 5.65 Å². The normalized spacial score (nSPS) is 11.8. The fourth-order valence-corrected chi connectivity index (χ4v) is 2.37. The number of hydrogen-bond acceptors (Lipinski definition) is 5. The summed E-state index contributed by atoms with van der Waals surface area (Å²) in [5.41, 5.74) is 2.42. The van der Waals surface area contributed by atoms with Crippen LogP contribution in [0.4, 0.5) is 5.69 Å². The first kappa shape index (κ1) is 17.5. The number of nitrogens with one attached hydrogen (secondary N) is 1. The Labute approximate surface area is 150 Å². The minimum Gasteiger partial charge on any atom is -0.497 e. The van der Waals surface area contributed by atoms with Crippen LogP contribution in [0.15, 0.2) is 48.8 Å². The third kappa shape index (κ3) is 3.83. The number of methoxy groups -OCH3 is 1. The molecule has 134 valence electrons. The van der Waals surface area contributed by atoms with Crippen molar-refractivity contribution in [2.24, 2.45) is 0 Å². The molecule has 2 aromatic heterocycles. The summed E-state index contributed by atoms with van der Waals surface area (Å²) in [5, 5.41) is 2.69. The molecule has 0 saturated carbocycles. The lowest BCUT2D eigenvalue weighted by molar-refractivity contribution is -0.123. The first-order chi connectivity index (χ1) is 12.5. The van der Waals surface area contributed by atoms with Crippen molar-refractivity contribution in [1.29, 1.82) is 0 Å². The number of carbonyl (C=O) groups excluding carboxylic acids is 2. The van der Waals surface area contributed by atoms with Crippen LogP contribution in [0.1, 0.15) is 23.0 Å². The Hall–Kier alpha value is -3.35. The zero-order valence-electron chi connectivity index (χ0n) is 14.7. The van der Waals surface area contributed by atoms with Gasteiger partial charge in [0, 0.05) is 18.1 Å². The second-order valence-corrected chi connectivity index (χ2v) is 5.86. The molecule has 0 fully saturated rings. The molecule has 3 rings (SSSR count). The van der Waals surface area contributed by atoms with Crippen LogP contribution < -0.4 is 10.1 Å². The van der Waals surface area contributed by atoms with Crippen molar-refractivity contribution in [1.82, 2.24) is 9.38 Å². The molecule has 0 aliphatic heterocycles. The predicted molar refractivity (Wildman–Crippen MR) is 96.4 cm³/mol. The molecule has 0 bridgehead atoms. The monoisotopic (exact) mass is 353 g/mol. The molecule has 26 heavy (non-hydrogen) atoms. The number of nitrogens with zero attached hydrogens (tertiary/aromatic N) is 2. The van der Waals surface area contributed by atoms with Gasteiger partial charge < -0.3 is 19.2 Å². The molecule has 7 nitrogen and oxygen atoms in total. The number of pyridine rings is 1. The summed E-state index contributed by atoms with van der Waals surface area (Å²) >= 11 is 0. The van der Waals surface area contributed by atoms with Gasteiger partial charge in [0.15, 0.2) is 11.8 Å². The molecule has 0 aliphatic carbocycles. The van der Waals surface area contributed by atoms with Gasteiger partial charge in [-0.2, -0.15) is 0 Å². The van der Waals surface area contributed by atoms with E-state index in [1.165, 1.54) is 6.92 Å². The highest BCUT2D eigenvalue weighted by Crippen LogP contribution is 2.16. The molecule has 0 aliphatic rings. The van der Waals surface area contributed by atoms with Gasteiger partial charge in [-0.1, -0.05) is 0 Å². The Balaban J connectivity index is 1.64. The summed E-state index contributed by atoms with van der Waals surface area (Å²) in [4.78, 5) is 28.7. The molecule has 1 atom stereocenters. The number of ether oxygens (including phenoxy) is 2. The van der Waals surface area contributed by atoms with Crippen molar-refractivity contribution < 1.29 is 19.1 Å². The Morgan fingerprint density at radius 2 is 1.92 bits per heavy atom. The second kappa shape index (κ2) is 7.26. The highest BCUT2D eigenvalue weighted by Gasteiger charge is 2.21. The number of amides is 1. The van der Waals surface area contributed by atoms with Crippen LogP contribution in [-0.4, -0.2) is 34.5 Å². The number of benzene rings is 1. The lowest BCUT2D eigenvalue weighted by atomic mass is 10.3. The highest BCUT2D eigenvalue weighted by molar-refractivity contribution is 5.97. The van der Waals surface area contributed by atoms with Gasteiger partial charge in [0.25, 0.3) is 5.91 Å². The van der Waals surface area contributed by atoms with Gasteiger partial charge in [-0.15, -0.1) is 0 Å². The highest BCUT2D eigenvalue weighted by atomic mass is 16.5. The molecule has 2 heterocycles. The van der Waals surface area contributed by atoms with Gasteiger partial charge in [0.1, 0.15) is 11.4 Å². The minimum atomic E-state index is -0.962. The average Bonchev–Trinajstić information content (AvgIpc) is 3.05. The first-order valence-corrected chi connectivity index (χ1v) is 8.07. The van der Waals surface area contributed by atoms with Gasteiger partial charge in [0.2, 0.25) is 0 Å². The number of rotatable bonds is 5. The van der Waals surface area contributed by atoms with E-state index in [1.807, 2.05) is 25.3 Å². The molecule has 0 saturated heterocycles. The van der Waals surface area contributed by atoms with E-state index in [0.717, 1.165) is 5.56 Å². The zero-order chi connectivity index (χ0) is 18.7. The van der Waals surface area contributed by atoms with Crippen LogP contribution in [0.5, 0.6) is 5.75 Å². The van der Waals surface area contributed by atoms with Gasteiger partial charge in [-0.3, -0.25) is 4.79 Å². The standard InChI is InChI=1S/C19H19N3O4/c1-12-8-9-22-11-16(21-17(22)10-12)19(24)26-13(2)18(23)20-14-4-6-15(25-3)7-5-14/h4-11,13H,1-3H3,(H,20,23). The average molecular weight is 353 g/mol. The second-order valence-electron chi connectivity index (χ2n) is 5.86. The summed E-state index contributed by atoms with van der Waals surface area (Å²) in [7, 11) is 1.57. The number of anilines is 1. The summed E-state index contributed by atoms with van der Waals surface area (Å²) in [6.07, 6.45) is 2.43. The lowest BCUT2D eigenvalue weighted by Gasteiger charge is -2.13. The molecule has 1 amide bonds. The van der Waals surface area contributed by atoms with Crippen molar-refractivity contribution in [3.05, 3.63) is 60.0 Å². The Bertz CT molecular complexity index is 947. The maximum Gasteiger partial charge on any atom is 0.359 e. The number of imidazole rings is 1. The van der Waals surface area contributed by atoms with E-state index in [-0.39, 0.29) is 5.69 Å². The van der Waals surface area contributed by atoms with Crippen LogP contribution in [0.2, 0.25) is 0 Å². The fraction of sp³-hybridized carbons (Fsp3) is 0.211. The van der Waals surface area contributed by atoms with E-state index >= 15 is 0 Å². The lowest BCUT2D eigenvalue weighted by Crippen LogP contribution is -2.30. The third-order valence-electron chi connectivity index (χ3n) is 3.84. The summed E-state index contributed by atoms with van der Waals surface area (Å²) in [5.74, 6) is -0.392. The van der Waals surface area contributed by atoms with Gasteiger partial charge >= 0.3 is 5.97 Å². The maximum absolute atomic E-state index is 12.3. The predicted octanol–water partition coefficient (Wildman–Crippen LogP) is 2.84. The molecule has 3 aromatic rings. The largest absolute Gasteiger partial charge is 0.497 e. The molecule has 1 unspecified atom stereocenters. The van der Waals surface area contributed by atoms with Crippen molar-refractivity contribution in [3.63, 3.8) is 0 Å². The van der Waals surface area contributed by atoms with E-state index in [1.54, 1.807) is 42.0 Å². The van der Waals surface area contributed by atoms with E-state index in [4.69, 9.17) is 9.47 Å². The number of aryl methyl sites for hydroxylation is 1. The molecule has 7 heteroatoms. The fourth-order valence-electron chi connectivity index (χ4n) is 2.37. The van der Waals surface area contributed by atoms with Crippen LogP contribution in [-0.2, 0) is 9.53 Å². The number of fused-ring (bicyclic) bond motifs is 1. The minimum absolute atomic E-state index is 0.152. The van der Waals surface area contributed by atoms with Crippen molar-refractivity contribution in [2.45, 2.75) is 20.0 Å². The van der Waals surface area contributed by atoms with E-state index in [9.17, 15) is 9.59 Å². The van der Waals surface area contributed by atoms with Crippen LogP contribution >= 0.6 is 0 Å². The molecular formula is C19H19N3O4. The molecule has 0 radical (unpaired) electrons. The van der Waals surface area contributed by atoms with Crippen LogP contribution in [0.3, 0.4) is 0 Å². The zero-order valence-corrected chi connectivity index (χ0v) is 14.7. The van der Waals surface area contributed by atoms with Crippen molar-refractivity contribution in [2.75, 3.05) is 12.4 Å². The summed E-state index contributed by atoms with van der Waals surface area (Å²) in [6.45, 7) is 3.45. The van der Waals surface area contributed by atoms with E-state index in [0.29, 0.717) is 17.1 Å². The van der Waals surface area contributed by atoms with E-state index in [2.05, 4.69) is 10.3 Å². The number of hydrogen-bond donors (Lipinski definition) is 1. The number of carbonyl (C=O) groups is 2. The molecular weight excluding hydrogens is 334 g/mol. The topological polar surface area (TPSA) is 81.9 Å². The maximum atomic E-state index is 12.3. The Morgan fingerprint density at radius 1 is 1.19 bits per heavy atom. The van der Waals surface area contributed by atoms with E-state index < -0.39 is 18.0 Å². The smallest absolute Gasteiger partial charge is 0.359 e.